The van der Waals surface area contributed by atoms with Gasteiger partial charge in [0.15, 0.2) is 0 Å². The fourth-order valence-electron chi connectivity index (χ4n) is 2.25. The van der Waals surface area contributed by atoms with E-state index in [0.29, 0.717) is 18.9 Å². The van der Waals surface area contributed by atoms with Crippen LogP contribution in [0.1, 0.15) is 32.3 Å². The van der Waals surface area contributed by atoms with Crippen LogP contribution in [0.3, 0.4) is 0 Å². The molecule has 0 aromatic heterocycles. The largest absolute Gasteiger partial charge is 0.326 e. The van der Waals surface area contributed by atoms with Crippen molar-refractivity contribution in [2.45, 2.75) is 39.2 Å². The molecule has 0 saturated heterocycles. The highest BCUT2D eigenvalue weighted by molar-refractivity contribution is 7.89. The van der Waals surface area contributed by atoms with Crippen LogP contribution in [-0.4, -0.2) is 26.8 Å². The first-order valence-electron chi connectivity index (χ1n) is 7.25. The van der Waals surface area contributed by atoms with Gasteiger partial charge in [-0.3, -0.25) is 0 Å². The number of nitrogens with two attached hydrogens (primary N) is 1. The van der Waals surface area contributed by atoms with E-state index in [4.69, 9.17) is 5.73 Å². The molecule has 0 spiro atoms. The van der Waals surface area contributed by atoms with Crippen LogP contribution in [0.5, 0.6) is 0 Å². The summed E-state index contributed by atoms with van der Waals surface area (Å²) in [5, 5.41) is 0. The van der Waals surface area contributed by atoms with E-state index in [1.165, 1.54) is 0 Å². The number of sulfonamides is 1. The number of nitrogens with one attached hydrogen (secondary N) is 1. The third-order valence-electron chi connectivity index (χ3n) is 3.70. The standard InChI is InChI=1S/C15H26N2O2S/c1-3-14(4-2)15(16)12-17-20(18,19)11-10-13-8-6-5-7-9-13/h5-9,14-15,17H,3-4,10-12,16H2,1-2H3. The van der Waals surface area contributed by atoms with E-state index in [1.54, 1.807) is 0 Å². The van der Waals surface area contributed by atoms with Gasteiger partial charge in [-0.1, -0.05) is 57.0 Å². The van der Waals surface area contributed by atoms with E-state index in [-0.39, 0.29) is 11.8 Å². The van der Waals surface area contributed by atoms with Crippen molar-refractivity contribution < 1.29 is 8.42 Å². The molecular formula is C15H26N2O2S. The molecule has 4 nitrogen and oxygen atoms in total. The highest BCUT2D eigenvalue weighted by atomic mass is 32.2. The molecule has 0 saturated carbocycles. The van der Waals surface area contributed by atoms with Gasteiger partial charge in [-0.25, -0.2) is 13.1 Å². The van der Waals surface area contributed by atoms with Crippen molar-refractivity contribution in [1.82, 2.24) is 4.72 Å². The summed E-state index contributed by atoms with van der Waals surface area (Å²) in [6.45, 7) is 4.49. The fourth-order valence-corrected chi connectivity index (χ4v) is 3.35. The Balaban J connectivity index is 2.42. The highest BCUT2D eigenvalue weighted by Gasteiger charge is 2.17. The summed E-state index contributed by atoms with van der Waals surface area (Å²) < 4.78 is 26.5. The number of hydrogen-bond donors (Lipinski definition) is 2. The molecule has 1 rings (SSSR count). The molecular weight excluding hydrogens is 272 g/mol. The molecule has 0 aliphatic heterocycles. The Morgan fingerprint density at radius 3 is 2.30 bits per heavy atom. The van der Waals surface area contributed by atoms with Crippen LogP contribution < -0.4 is 10.5 Å². The lowest BCUT2D eigenvalue weighted by atomic mass is 9.95. The quantitative estimate of drug-likeness (QED) is 0.731. The zero-order valence-corrected chi connectivity index (χ0v) is 13.2. The summed E-state index contributed by atoms with van der Waals surface area (Å²) in [5.74, 6) is 0.471. The van der Waals surface area contributed by atoms with Crippen LogP contribution in [0.15, 0.2) is 30.3 Å². The van der Waals surface area contributed by atoms with Gasteiger partial charge < -0.3 is 5.73 Å². The minimum atomic E-state index is -3.25. The lowest BCUT2D eigenvalue weighted by molar-refractivity contribution is 0.392. The van der Waals surface area contributed by atoms with Crippen molar-refractivity contribution in [2.75, 3.05) is 12.3 Å². The first-order valence-corrected chi connectivity index (χ1v) is 8.90. The fraction of sp³-hybridized carbons (Fsp3) is 0.600. The topological polar surface area (TPSA) is 72.2 Å². The van der Waals surface area contributed by atoms with E-state index < -0.39 is 10.0 Å². The molecule has 0 radical (unpaired) electrons. The smallest absolute Gasteiger partial charge is 0.211 e. The Morgan fingerprint density at radius 2 is 1.75 bits per heavy atom. The SMILES string of the molecule is CCC(CC)C(N)CNS(=O)(=O)CCc1ccccc1. The van der Waals surface area contributed by atoms with E-state index in [1.807, 2.05) is 30.3 Å². The zero-order chi connectivity index (χ0) is 15.0. The van der Waals surface area contributed by atoms with Gasteiger partial charge in [0, 0.05) is 12.6 Å². The van der Waals surface area contributed by atoms with Crippen LogP contribution in [0.2, 0.25) is 0 Å². The molecule has 20 heavy (non-hydrogen) atoms. The molecule has 0 heterocycles. The third kappa shape index (κ3) is 6.03. The minimum absolute atomic E-state index is 0.104. The summed E-state index contributed by atoms with van der Waals surface area (Å²) in [6, 6.07) is 9.51. The van der Waals surface area contributed by atoms with Gasteiger partial charge in [0.05, 0.1) is 5.75 Å². The van der Waals surface area contributed by atoms with Gasteiger partial charge in [-0.15, -0.1) is 0 Å². The molecule has 0 bridgehead atoms. The van der Waals surface area contributed by atoms with Crippen LogP contribution in [0.4, 0.5) is 0 Å². The minimum Gasteiger partial charge on any atom is -0.326 e. The van der Waals surface area contributed by atoms with Crippen LogP contribution >= 0.6 is 0 Å². The maximum Gasteiger partial charge on any atom is 0.211 e. The normalized spacial score (nSPS) is 13.6. The molecule has 0 aliphatic carbocycles. The Morgan fingerprint density at radius 1 is 1.15 bits per heavy atom. The molecule has 5 heteroatoms. The average Bonchev–Trinajstić information content (AvgIpc) is 2.46. The second-order valence-electron chi connectivity index (χ2n) is 5.14. The predicted molar refractivity (Wildman–Crippen MR) is 84.0 cm³/mol. The predicted octanol–water partition coefficient (Wildman–Crippen LogP) is 1.91. The molecule has 1 aromatic carbocycles. The van der Waals surface area contributed by atoms with Gasteiger partial charge in [0.2, 0.25) is 10.0 Å². The highest BCUT2D eigenvalue weighted by Crippen LogP contribution is 2.11. The van der Waals surface area contributed by atoms with Crippen LogP contribution in [0.25, 0.3) is 0 Å². The molecule has 0 fully saturated rings. The van der Waals surface area contributed by atoms with Gasteiger partial charge in [-0.05, 0) is 17.9 Å². The summed E-state index contributed by atoms with van der Waals surface area (Å²) >= 11 is 0. The first kappa shape index (κ1) is 17.1. The molecule has 0 amide bonds. The number of rotatable bonds is 9. The Kier molecular flexibility index (Phi) is 7.19. The van der Waals surface area contributed by atoms with Crippen molar-refractivity contribution in [1.29, 1.82) is 0 Å². The van der Waals surface area contributed by atoms with Crippen molar-refractivity contribution in [3.8, 4) is 0 Å². The van der Waals surface area contributed by atoms with E-state index >= 15 is 0 Å². The monoisotopic (exact) mass is 298 g/mol. The molecule has 3 N–H and O–H groups in total. The van der Waals surface area contributed by atoms with Gasteiger partial charge >= 0.3 is 0 Å². The second kappa shape index (κ2) is 8.39. The number of aryl methyl sites for hydroxylation is 1. The van der Waals surface area contributed by atoms with Crippen LogP contribution in [0, 0.1) is 5.92 Å². The van der Waals surface area contributed by atoms with Gasteiger partial charge in [-0.2, -0.15) is 0 Å². The second-order valence-corrected chi connectivity index (χ2v) is 7.07. The summed E-state index contributed by atoms with van der Waals surface area (Å²) in [4.78, 5) is 0. The van der Waals surface area contributed by atoms with Crippen molar-refractivity contribution in [3.05, 3.63) is 35.9 Å². The van der Waals surface area contributed by atoms with Crippen molar-refractivity contribution in [3.63, 3.8) is 0 Å². The molecule has 1 unspecified atom stereocenters. The van der Waals surface area contributed by atoms with Crippen molar-refractivity contribution in [2.24, 2.45) is 11.7 Å². The maximum absolute atomic E-state index is 11.9. The van der Waals surface area contributed by atoms with Gasteiger partial charge in [0.25, 0.3) is 0 Å². The number of hydrogen-bond acceptors (Lipinski definition) is 3. The summed E-state index contributed by atoms with van der Waals surface area (Å²) in [6.07, 6.45) is 2.48. The van der Waals surface area contributed by atoms with Crippen LogP contribution in [-0.2, 0) is 16.4 Å². The average molecular weight is 298 g/mol. The maximum atomic E-state index is 11.9. The van der Waals surface area contributed by atoms with E-state index in [0.717, 1.165) is 18.4 Å². The summed E-state index contributed by atoms with van der Waals surface area (Å²) in [7, 11) is -3.25. The molecule has 1 aromatic rings. The Bertz CT molecular complexity index is 470. The molecule has 0 aliphatic rings. The van der Waals surface area contributed by atoms with E-state index in [9.17, 15) is 8.42 Å². The lowest BCUT2D eigenvalue weighted by Crippen LogP contribution is -2.42. The molecule has 114 valence electrons. The Labute approximate surface area is 122 Å². The van der Waals surface area contributed by atoms with Gasteiger partial charge in [0.1, 0.15) is 0 Å². The molecule has 1 atom stereocenters. The first-order chi connectivity index (χ1) is 9.48. The van der Waals surface area contributed by atoms with E-state index in [2.05, 4.69) is 18.6 Å². The Hall–Kier alpha value is -0.910. The zero-order valence-electron chi connectivity index (χ0n) is 12.4. The lowest BCUT2D eigenvalue weighted by Gasteiger charge is -2.21. The number of benzene rings is 1. The van der Waals surface area contributed by atoms with Crippen molar-refractivity contribution >= 4 is 10.0 Å². The third-order valence-corrected chi connectivity index (χ3v) is 5.04. The summed E-state index contributed by atoms with van der Waals surface area (Å²) in [5.41, 5.74) is 7.06.